The zero-order chi connectivity index (χ0) is 14.8. The van der Waals surface area contributed by atoms with Crippen LogP contribution < -0.4 is 5.32 Å². The van der Waals surface area contributed by atoms with E-state index in [1.807, 2.05) is 11.7 Å². The van der Waals surface area contributed by atoms with Crippen LogP contribution in [0.4, 0.5) is 0 Å². The van der Waals surface area contributed by atoms with E-state index in [-0.39, 0.29) is 0 Å². The van der Waals surface area contributed by atoms with Crippen LogP contribution >= 0.6 is 23.5 Å². The lowest BCUT2D eigenvalue weighted by Crippen LogP contribution is -2.44. The first-order valence-electron chi connectivity index (χ1n) is 7.52. The third-order valence-corrected chi connectivity index (χ3v) is 7.50. The van der Waals surface area contributed by atoms with Crippen LogP contribution in [0.1, 0.15) is 12.6 Å². The molecule has 0 spiro atoms. The number of hydrogen-bond donors (Lipinski definition) is 1. The summed E-state index contributed by atoms with van der Waals surface area (Å²) >= 11 is 4.22. The van der Waals surface area contributed by atoms with E-state index in [1.165, 1.54) is 28.1 Å². The van der Waals surface area contributed by atoms with E-state index in [4.69, 9.17) is 5.10 Å². The summed E-state index contributed by atoms with van der Waals surface area (Å²) in [4.78, 5) is 0. The number of rotatable bonds is 4. The van der Waals surface area contributed by atoms with Gasteiger partial charge < -0.3 is 5.32 Å². The Labute approximate surface area is 135 Å². The molecule has 3 rings (SSSR count). The van der Waals surface area contributed by atoms with Gasteiger partial charge in [0, 0.05) is 46.9 Å². The van der Waals surface area contributed by atoms with Gasteiger partial charge in [-0.05, 0) is 13.1 Å². The summed E-state index contributed by atoms with van der Waals surface area (Å²) in [6.45, 7) is 2.36. The normalized spacial score (nSPS) is 24.3. The van der Waals surface area contributed by atoms with Gasteiger partial charge >= 0.3 is 0 Å². The van der Waals surface area contributed by atoms with Gasteiger partial charge in [-0.1, -0.05) is 25.1 Å². The Hall–Kier alpha value is -0.650. The van der Waals surface area contributed by atoms with Crippen molar-refractivity contribution in [2.75, 3.05) is 18.6 Å². The highest BCUT2D eigenvalue weighted by Gasteiger charge is 2.30. The molecule has 1 aromatic carbocycles. The Morgan fingerprint density at radius 2 is 2.10 bits per heavy atom. The maximum atomic E-state index is 4.76. The smallest absolute Gasteiger partial charge is 0.0719 e. The molecule has 3 atom stereocenters. The Kier molecular flexibility index (Phi) is 4.82. The maximum Gasteiger partial charge on any atom is 0.0719 e. The average molecular weight is 322 g/mol. The van der Waals surface area contributed by atoms with Gasteiger partial charge in [0.1, 0.15) is 0 Å². The van der Waals surface area contributed by atoms with E-state index in [2.05, 4.69) is 67.1 Å². The van der Waals surface area contributed by atoms with Gasteiger partial charge in [-0.2, -0.15) is 28.6 Å². The summed E-state index contributed by atoms with van der Waals surface area (Å²) < 4.78 is 2.00. The lowest BCUT2D eigenvalue weighted by Gasteiger charge is -2.34. The second-order valence-corrected chi connectivity index (χ2v) is 8.37. The highest BCUT2D eigenvalue weighted by Crippen LogP contribution is 2.34. The summed E-state index contributed by atoms with van der Waals surface area (Å²) in [6, 6.07) is 9.01. The number of para-hydroxylation sites is 1. The predicted molar refractivity (Wildman–Crippen MR) is 95.4 cm³/mol. The molecule has 0 radical (unpaired) electrons. The number of aryl methyl sites for hydroxylation is 1. The van der Waals surface area contributed by atoms with Crippen molar-refractivity contribution in [2.45, 2.75) is 29.9 Å². The second kappa shape index (κ2) is 6.63. The molecule has 21 heavy (non-hydrogen) atoms. The molecule has 1 aromatic heterocycles. The van der Waals surface area contributed by atoms with Crippen molar-refractivity contribution in [3.8, 4) is 0 Å². The third kappa shape index (κ3) is 3.10. The van der Waals surface area contributed by atoms with E-state index < -0.39 is 0 Å². The summed E-state index contributed by atoms with van der Waals surface area (Å²) in [5.41, 5.74) is 2.44. The minimum atomic E-state index is 0.483. The lowest BCUT2D eigenvalue weighted by molar-refractivity contribution is 0.523. The Bertz CT molecular complexity index is 611. The van der Waals surface area contributed by atoms with Gasteiger partial charge in [0.25, 0.3) is 0 Å². The predicted octanol–water partition coefficient (Wildman–Crippen LogP) is 2.94. The highest BCUT2D eigenvalue weighted by atomic mass is 32.2. The molecule has 1 N–H and O–H groups in total. The maximum absolute atomic E-state index is 4.76. The van der Waals surface area contributed by atoms with Crippen molar-refractivity contribution in [2.24, 2.45) is 7.05 Å². The monoisotopic (exact) mass is 321 g/mol. The van der Waals surface area contributed by atoms with Gasteiger partial charge in [-0.15, -0.1) is 0 Å². The fraction of sp³-hybridized carbons (Fsp3) is 0.562. The average Bonchev–Trinajstić information content (AvgIpc) is 2.82. The molecule has 114 valence electrons. The van der Waals surface area contributed by atoms with Crippen molar-refractivity contribution in [3.63, 3.8) is 0 Å². The van der Waals surface area contributed by atoms with Crippen molar-refractivity contribution < 1.29 is 0 Å². The fourth-order valence-corrected chi connectivity index (χ4v) is 6.12. The van der Waals surface area contributed by atoms with Gasteiger partial charge in [-0.3, -0.25) is 4.68 Å². The molecule has 0 aliphatic carbocycles. The molecule has 3 unspecified atom stereocenters. The fourth-order valence-electron chi connectivity index (χ4n) is 3.12. The lowest BCUT2D eigenvalue weighted by atomic mass is 10.0. The van der Waals surface area contributed by atoms with Crippen LogP contribution in [-0.4, -0.2) is 44.9 Å². The molecule has 1 aliphatic rings. The molecule has 1 saturated heterocycles. The van der Waals surface area contributed by atoms with Crippen LogP contribution in [0, 0.1) is 0 Å². The minimum absolute atomic E-state index is 0.483. The van der Waals surface area contributed by atoms with Crippen molar-refractivity contribution in [3.05, 3.63) is 30.0 Å². The van der Waals surface area contributed by atoms with Gasteiger partial charge in [-0.25, -0.2) is 0 Å². The van der Waals surface area contributed by atoms with Crippen molar-refractivity contribution >= 4 is 34.4 Å². The molecular formula is C16H23N3S2. The zero-order valence-corrected chi connectivity index (χ0v) is 14.5. The number of nitrogens with zero attached hydrogens (tertiary/aromatic N) is 2. The van der Waals surface area contributed by atoms with Crippen molar-refractivity contribution in [1.82, 2.24) is 15.1 Å². The third-order valence-electron chi connectivity index (χ3n) is 4.25. The molecule has 2 aromatic rings. The molecule has 0 bridgehead atoms. The van der Waals surface area contributed by atoms with Crippen LogP contribution in [0.25, 0.3) is 10.9 Å². The number of nitrogens with one attached hydrogen (secondary N) is 1. The van der Waals surface area contributed by atoms with Crippen LogP contribution in [0.3, 0.4) is 0 Å². The van der Waals surface area contributed by atoms with Crippen LogP contribution in [0.2, 0.25) is 0 Å². The summed E-state index contributed by atoms with van der Waals surface area (Å²) in [7, 11) is 4.12. The summed E-state index contributed by atoms with van der Waals surface area (Å²) in [5, 5.41) is 11.0. The molecule has 3 nitrogen and oxygen atoms in total. The molecule has 1 aliphatic heterocycles. The van der Waals surface area contributed by atoms with E-state index in [1.54, 1.807) is 0 Å². The molecular weight excluding hydrogens is 298 g/mol. The Morgan fingerprint density at radius 3 is 2.86 bits per heavy atom. The molecule has 5 heteroatoms. The number of thioether (sulfide) groups is 2. The summed E-state index contributed by atoms with van der Waals surface area (Å²) in [5.74, 6) is 2.55. The van der Waals surface area contributed by atoms with Crippen molar-refractivity contribution in [1.29, 1.82) is 0 Å². The van der Waals surface area contributed by atoms with E-state index in [9.17, 15) is 0 Å². The molecule has 1 fully saturated rings. The van der Waals surface area contributed by atoms with E-state index in [0.717, 1.165) is 6.42 Å². The Balaban J connectivity index is 1.85. The van der Waals surface area contributed by atoms with Gasteiger partial charge in [0.15, 0.2) is 0 Å². The van der Waals surface area contributed by atoms with Gasteiger partial charge in [0.05, 0.1) is 11.2 Å². The largest absolute Gasteiger partial charge is 0.315 e. The number of benzene rings is 1. The van der Waals surface area contributed by atoms with Crippen LogP contribution in [0.15, 0.2) is 24.3 Å². The SMILES string of the molecule is CNC(Cc1nn(C)c2ccccc12)C1SCCSC1C. The standard InChI is InChI=1S/C16H23N3S2/c1-11-16(21-9-8-20-11)14(17-2)10-13-12-6-4-5-7-15(12)19(3)18-13/h4-7,11,14,16-17H,8-10H2,1-3H3. The van der Waals surface area contributed by atoms with E-state index >= 15 is 0 Å². The first kappa shape index (κ1) is 15.3. The number of likely N-dealkylation sites (N-methyl/N-ethyl adjacent to an activating group) is 1. The second-order valence-electron chi connectivity index (χ2n) is 5.60. The first-order valence-corrected chi connectivity index (χ1v) is 9.61. The molecule has 0 amide bonds. The summed E-state index contributed by atoms with van der Waals surface area (Å²) in [6.07, 6.45) is 1.00. The van der Waals surface area contributed by atoms with Gasteiger partial charge in [0.2, 0.25) is 0 Å². The quantitative estimate of drug-likeness (QED) is 0.938. The first-order chi connectivity index (χ1) is 10.2. The topological polar surface area (TPSA) is 29.9 Å². The number of aromatic nitrogens is 2. The zero-order valence-electron chi connectivity index (χ0n) is 12.9. The van der Waals surface area contributed by atoms with E-state index in [0.29, 0.717) is 16.5 Å². The minimum Gasteiger partial charge on any atom is -0.315 e. The molecule has 2 heterocycles. The molecule has 0 saturated carbocycles. The van der Waals surface area contributed by atoms with Crippen LogP contribution in [0.5, 0.6) is 0 Å². The highest BCUT2D eigenvalue weighted by molar-refractivity contribution is 8.07. The number of hydrogen-bond acceptors (Lipinski definition) is 4. The van der Waals surface area contributed by atoms with Crippen LogP contribution in [-0.2, 0) is 13.5 Å². The number of fused-ring (bicyclic) bond motifs is 1. The Morgan fingerprint density at radius 1 is 1.33 bits per heavy atom.